The maximum absolute atomic E-state index is 13.5. The van der Waals surface area contributed by atoms with Gasteiger partial charge in [-0.15, -0.1) is 0 Å². The molecular weight excluding hydrogens is 381 g/mol. The number of pyridine rings is 1. The van der Waals surface area contributed by atoms with E-state index < -0.39 is 0 Å². The van der Waals surface area contributed by atoms with Gasteiger partial charge in [-0.25, -0.2) is 4.39 Å². The molecule has 0 aliphatic carbocycles. The van der Waals surface area contributed by atoms with Crippen LogP contribution in [0.2, 0.25) is 0 Å². The molecule has 31 heavy (non-hydrogen) atoms. The number of allylic oxidation sites excluding steroid dienone is 6. The molecule has 168 valence electrons. The molecule has 0 aliphatic heterocycles. The van der Waals surface area contributed by atoms with Crippen LogP contribution in [0.25, 0.3) is 5.57 Å². The Kier molecular flexibility index (Phi) is 13.8. The van der Waals surface area contributed by atoms with Gasteiger partial charge in [-0.2, -0.15) is 0 Å². The summed E-state index contributed by atoms with van der Waals surface area (Å²) in [6, 6.07) is 9.44. The van der Waals surface area contributed by atoms with Gasteiger partial charge in [0.05, 0.1) is 0 Å². The summed E-state index contributed by atoms with van der Waals surface area (Å²) in [7, 11) is 0. The zero-order valence-electron chi connectivity index (χ0n) is 20.8. The summed E-state index contributed by atoms with van der Waals surface area (Å²) in [6.07, 6.45) is 7.86. The van der Waals surface area contributed by atoms with E-state index in [9.17, 15) is 4.39 Å². The van der Waals surface area contributed by atoms with Crippen LogP contribution in [0.4, 0.5) is 4.39 Å². The number of unbranched alkanes of at least 4 members (excludes halogenated alkanes) is 1. The number of halogens is 1. The first-order valence-corrected chi connectivity index (χ1v) is 10.9. The minimum absolute atomic E-state index is 0.281. The minimum atomic E-state index is -0.360. The van der Waals surface area contributed by atoms with Crippen molar-refractivity contribution in [1.29, 1.82) is 0 Å². The van der Waals surface area contributed by atoms with Gasteiger partial charge >= 0.3 is 0 Å². The molecule has 0 fully saturated rings. The van der Waals surface area contributed by atoms with Gasteiger partial charge in [0, 0.05) is 6.20 Å². The van der Waals surface area contributed by atoms with Crippen molar-refractivity contribution < 1.29 is 4.39 Å². The van der Waals surface area contributed by atoms with Crippen LogP contribution in [0.15, 0.2) is 78.6 Å². The fourth-order valence-corrected chi connectivity index (χ4v) is 2.51. The number of aromatic nitrogens is 1. The second-order valence-electron chi connectivity index (χ2n) is 7.97. The van der Waals surface area contributed by atoms with E-state index in [1.165, 1.54) is 35.6 Å². The third-order valence-corrected chi connectivity index (χ3v) is 4.67. The van der Waals surface area contributed by atoms with E-state index >= 15 is 0 Å². The average molecular weight is 422 g/mol. The number of rotatable bonds is 5. The summed E-state index contributed by atoms with van der Waals surface area (Å²) in [5.41, 5.74) is 8.12. The van der Waals surface area contributed by atoms with Crippen LogP contribution >= 0.6 is 0 Å². The first-order valence-electron chi connectivity index (χ1n) is 10.9. The molecular formula is C29H40FN. The maximum Gasteiger partial charge on any atom is 0.149 e. The van der Waals surface area contributed by atoms with Crippen molar-refractivity contribution in [3.8, 4) is 0 Å². The fraction of sp³-hybridized carbons (Fsp3) is 0.345. The molecule has 0 spiro atoms. The first-order chi connectivity index (χ1) is 14.5. The summed E-state index contributed by atoms with van der Waals surface area (Å²) in [5, 5.41) is 0. The van der Waals surface area contributed by atoms with Gasteiger partial charge in [0.15, 0.2) is 0 Å². The van der Waals surface area contributed by atoms with Crippen molar-refractivity contribution >= 4 is 5.57 Å². The molecule has 0 N–H and O–H groups in total. The summed E-state index contributed by atoms with van der Waals surface area (Å²) >= 11 is 0. The molecule has 1 aromatic heterocycles. The van der Waals surface area contributed by atoms with E-state index in [0.29, 0.717) is 5.57 Å². The molecule has 2 heteroatoms. The lowest BCUT2D eigenvalue weighted by Gasteiger charge is -2.05. The van der Waals surface area contributed by atoms with Crippen LogP contribution < -0.4 is 0 Å². The number of hydrogen-bond acceptors (Lipinski definition) is 1. The average Bonchev–Trinajstić information content (AvgIpc) is 2.71. The third-order valence-electron chi connectivity index (χ3n) is 4.67. The summed E-state index contributed by atoms with van der Waals surface area (Å²) in [5.74, 6) is -0.360. The molecule has 0 saturated carbocycles. The number of nitrogens with zero attached hydrogens (tertiary/aromatic N) is 1. The summed E-state index contributed by atoms with van der Waals surface area (Å²) in [4.78, 5) is 3.98. The third kappa shape index (κ3) is 11.3. The lowest BCUT2D eigenvalue weighted by Crippen LogP contribution is -1.91. The first kappa shape index (κ1) is 28.3. The second kappa shape index (κ2) is 15.1. The quantitative estimate of drug-likeness (QED) is 0.439. The largest absolute Gasteiger partial charge is 0.253 e. The molecule has 0 aliphatic rings. The van der Waals surface area contributed by atoms with Gasteiger partial charge < -0.3 is 0 Å². The van der Waals surface area contributed by atoms with Crippen LogP contribution in [0, 0.1) is 26.6 Å². The zero-order valence-corrected chi connectivity index (χ0v) is 20.8. The van der Waals surface area contributed by atoms with E-state index in [2.05, 4.69) is 71.0 Å². The topological polar surface area (TPSA) is 12.9 Å². The Balaban J connectivity index is 0.000000571. The molecule has 1 nitrogen and oxygen atoms in total. The molecule has 0 bridgehead atoms. The minimum Gasteiger partial charge on any atom is -0.253 e. The molecule has 1 heterocycles. The van der Waals surface area contributed by atoms with Crippen molar-refractivity contribution in [1.82, 2.24) is 4.98 Å². The van der Waals surface area contributed by atoms with E-state index in [4.69, 9.17) is 0 Å². The molecule has 2 rings (SSSR count). The predicted molar refractivity (Wildman–Crippen MR) is 137 cm³/mol. The highest BCUT2D eigenvalue weighted by atomic mass is 19.1. The van der Waals surface area contributed by atoms with Gasteiger partial charge in [0.1, 0.15) is 11.5 Å². The van der Waals surface area contributed by atoms with E-state index in [1.807, 2.05) is 26.8 Å². The highest BCUT2D eigenvalue weighted by Gasteiger charge is 2.04. The molecule has 2 aromatic rings. The van der Waals surface area contributed by atoms with Gasteiger partial charge in [-0.3, -0.25) is 4.98 Å². The van der Waals surface area contributed by atoms with Crippen LogP contribution in [-0.4, -0.2) is 4.98 Å². The van der Waals surface area contributed by atoms with Crippen molar-refractivity contribution in [2.75, 3.05) is 0 Å². The Morgan fingerprint density at radius 3 is 1.97 bits per heavy atom. The second-order valence-corrected chi connectivity index (χ2v) is 7.97. The summed E-state index contributed by atoms with van der Waals surface area (Å²) < 4.78 is 13.5. The van der Waals surface area contributed by atoms with Crippen LogP contribution in [0.1, 0.15) is 69.8 Å². The molecule has 0 atom stereocenters. The normalized spacial score (nSPS) is 9.84. The lowest BCUT2D eigenvalue weighted by atomic mass is 10.0. The Labute approximate surface area is 190 Å². The van der Waals surface area contributed by atoms with Gasteiger partial charge in [-0.05, 0) is 75.9 Å². The highest BCUT2D eigenvalue weighted by Crippen LogP contribution is 2.19. The number of aryl methyl sites for hydroxylation is 3. The monoisotopic (exact) mass is 421 g/mol. The van der Waals surface area contributed by atoms with Crippen molar-refractivity contribution in [2.45, 2.75) is 68.2 Å². The van der Waals surface area contributed by atoms with Gasteiger partial charge in [0.25, 0.3) is 0 Å². The zero-order chi connectivity index (χ0) is 24.0. The van der Waals surface area contributed by atoms with Gasteiger partial charge in [-0.1, -0.05) is 86.9 Å². The van der Waals surface area contributed by atoms with Crippen molar-refractivity contribution in [2.24, 2.45) is 0 Å². The lowest BCUT2D eigenvalue weighted by molar-refractivity contribution is 0.617. The van der Waals surface area contributed by atoms with Gasteiger partial charge in [0.2, 0.25) is 0 Å². The smallest absolute Gasteiger partial charge is 0.149 e. The number of benzene rings is 1. The van der Waals surface area contributed by atoms with Crippen molar-refractivity contribution in [3.63, 3.8) is 0 Å². The molecule has 1 aromatic carbocycles. The Bertz CT molecular complexity index is 910. The van der Waals surface area contributed by atoms with Crippen LogP contribution in [-0.2, 0) is 0 Å². The van der Waals surface area contributed by atoms with E-state index in [1.54, 1.807) is 18.3 Å². The Morgan fingerprint density at radius 2 is 1.55 bits per heavy atom. The molecule has 0 saturated heterocycles. The number of hydrogen-bond donors (Lipinski definition) is 0. The Hall–Kier alpha value is -2.74. The standard InChI is InChI=1S/C16H18FN.C9H12.C4H10/c1-11(2)14(12(3)4)9-8-13(5)16-15(17)7-6-10-18-16;1-7-4-5-8(2)9(3)6-7;1-3-4-2/h6-10H,1,5H2,2-4H3;4-6H,1-3H3;3-4H2,1-2H3/b9-8-;;. The SMILES string of the molecule is C=C(C)C(/C=C\C(=C)c1ncccc1F)=C(C)C.CCCC.Cc1ccc(C)c(C)c1. The molecule has 0 amide bonds. The fourth-order valence-electron chi connectivity index (χ4n) is 2.51. The van der Waals surface area contributed by atoms with Crippen molar-refractivity contribution in [3.05, 3.63) is 107 Å². The molecule has 0 radical (unpaired) electrons. The molecule has 0 unspecified atom stereocenters. The predicted octanol–water partition coefficient (Wildman–Crippen LogP) is 9.12. The van der Waals surface area contributed by atoms with E-state index in [-0.39, 0.29) is 11.5 Å². The summed E-state index contributed by atoms with van der Waals surface area (Å²) in [6.45, 7) is 24.5. The highest BCUT2D eigenvalue weighted by molar-refractivity contribution is 5.70. The maximum atomic E-state index is 13.5. The van der Waals surface area contributed by atoms with E-state index in [0.717, 1.165) is 16.7 Å². The Morgan fingerprint density at radius 1 is 0.935 bits per heavy atom. The van der Waals surface area contributed by atoms with Crippen LogP contribution in [0.3, 0.4) is 0 Å². The van der Waals surface area contributed by atoms with Crippen LogP contribution in [0.5, 0.6) is 0 Å².